The summed E-state index contributed by atoms with van der Waals surface area (Å²) in [6, 6.07) is 11.0. The molecule has 0 radical (unpaired) electrons. The largest absolute Gasteiger partial charge is 0.449 e. The number of carbonyl (C=O) groups is 2. The molecule has 7 nitrogen and oxygen atoms in total. The molecule has 0 atom stereocenters. The lowest BCUT2D eigenvalue weighted by molar-refractivity contribution is 0.0908. The average Bonchev–Trinajstić information content (AvgIpc) is 2.96. The second-order valence-electron chi connectivity index (χ2n) is 3.83. The van der Waals surface area contributed by atoms with Gasteiger partial charge in [0.15, 0.2) is 0 Å². The fourth-order valence-electron chi connectivity index (χ4n) is 1.54. The number of ether oxygens (including phenoxy) is 1. The van der Waals surface area contributed by atoms with Crippen LogP contribution in [0.3, 0.4) is 0 Å². The molecule has 0 bridgehead atoms. The Balaban J connectivity index is 1.98. The zero-order chi connectivity index (χ0) is 14.4. The summed E-state index contributed by atoms with van der Waals surface area (Å²) in [5.41, 5.74) is 6.11. The number of hydrogen-bond acceptors (Lipinski definition) is 4. The number of benzene rings is 1. The summed E-state index contributed by atoms with van der Waals surface area (Å²) in [4.78, 5) is 22.8. The fourth-order valence-corrected chi connectivity index (χ4v) is 1.54. The summed E-state index contributed by atoms with van der Waals surface area (Å²) < 4.78 is 4.61. The van der Waals surface area contributed by atoms with Gasteiger partial charge in [-0.3, -0.25) is 15.3 Å². The van der Waals surface area contributed by atoms with Gasteiger partial charge in [0.25, 0.3) is 5.91 Å². The first-order valence-corrected chi connectivity index (χ1v) is 6.04. The van der Waals surface area contributed by atoms with Crippen LogP contribution in [0.25, 0.3) is 11.3 Å². The lowest BCUT2D eigenvalue weighted by Crippen LogP contribution is -2.42. The van der Waals surface area contributed by atoms with Crippen molar-refractivity contribution in [1.82, 2.24) is 21.0 Å². The highest BCUT2D eigenvalue weighted by Crippen LogP contribution is 2.16. The van der Waals surface area contributed by atoms with Gasteiger partial charge in [0.2, 0.25) is 0 Å². The standard InChI is InChI=1S/C13H14N4O3/c1-2-20-13(19)17-16-12(18)11-8-10(14-15-11)9-6-4-3-5-7-9/h3-8H,2H2,1H3,(H,14,15)(H,16,18)(H,17,19). The number of carbonyl (C=O) groups excluding carboxylic acids is 2. The minimum Gasteiger partial charge on any atom is -0.449 e. The summed E-state index contributed by atoms with van der Waals surface area (Å²) in [7, 11) is 0. The molecule has 1 heterocycles. The van der Waals surface area contributed by atoms with Crippen LogP contribution in [0.2, 0.25) is 0 Å². The number of hydrazine groups is 1. The summed E-state index contributed by atoms with van der Waals surface area (Å²) in [5.74, 6) is -0.507. The van der Waals surface area contributed by atoms with E-state index in [-0.39, 0.29) is 12.3 Å². The Bertz CT molecular complexity index is 595. The Morgan fingerprint density at radius 3 is 2.70 bits per heavy atom. The highest BCUT2D eigenvalue weighted by molar-refractivity contribution is 5.94. The molecule has 0 spiro atoms. The molecule has 2 rings (SSSR count). The van der Waals surface area contributed by atoms with E-state index in [0.717, 1.165) is 5.56 Å². The van der Waals surface area contributed by atoms with Crippen LogP contribution in [0, 0.1) is 0 Å². The zero-order valence-electron chi connectivity index (χ0n) is 10.8. The number of nitrogens with one attached hydrogen (secondary N) is 3. The molecular formula is C13H14N4O3. The molecule has 0 saturated heterocycles. The SMILES string of the molecule is CCOC(=O)NNC(=O)c1cc(-c2ccccc2)n[nH]1. The number of H-pyrrole nitrogens is 1. The Labute approximate surface area is 115 Å². The van der Waals surface area contributed by atoms with Gasteiger partial charge in [-0.25, -0.2) is 10.2 Å². The van der Waals surface area contributed by atoms with E-state index in [9.17, 15) is 9.59 Å². The molecule has 0 aliphatic heterocycles. The third kappa shape index (κ3) is 3.35. The van der Waals surface area contributed by atoms with E-state index in [2.05, 4.69) is 25.8 Å². The second-order valence-corrected chi connectivity index (χ2v) is 3.83. The molecule has 1 aromatic heterocycles. The van der Waals surface area contributed by atoms with Crippen molar-refractivity contribution in [3.8, 4) is 11.3 Å². The lowest BCUT2D eigenvalue weighted by Gasteiger charge is -2.05. The van der Waals surface area contributed by atoms with E-state index in [4.69, 9.17) is 0 Å². The van der Waals surface area contributed by atoms with Gasteiger partial charge in [0.05, 0.1) is 12.3 Å². The first-order chi connectivity index (χ1) is 9.70. The monoisotopic (exact) mass is 274 g/mol. The number of aromatic amines is 1. The molecule has 0 fully saturated rings. The van der Waals surface area contributed by atoms with E-state index in [1.54, 1.807) is 13.0 Å². The van der Waals surface area contributed by atoms with Crippen LogP contribution in [0.15, 0.2) is 36.4 Å². The van der Waals surface area contributed by atoms with Crippen LogP contribution < -0.4 is 10.9 Å². The van der Waals surface area contributed by atoms with Crippen molar-refractivity contribution in [2.75, 3.05) is 6.61 Å². The predicted molar refractivity (Wildman–Crippen MR) is 71.6 cm³/mol. The van der Waals surface area contributed by atoms with E-state index in [0.29, 0.717) is 5.69 Å². The molecule has 0 aliphatic carbocycles. The van der Waals surface area contributed by atoms with E-state index in [1.807, 2.05) is 30.3 Å². The van der Waals surface area contributed by atoms with Crippen molar-refractivity contribution >= 4 is 12.0 Å². The Hall–Kier alpha value is -2.83. The van der Waals surface area contributed by atoms with Crippen molar-refractivity contribution in [3.63, 3.8) is 0 Å². The van der Waals surface area contributed by atoms with Crippen LogP contribution in [0.1, 0.15) is 17.4 Å². The van der Waals surface area contributed by atoms with Crippen LogP contribution in [0.5, 0.6) is 0 Å². The molecule has 3 N–H and O–H groups in total. The van der Waals surface area contributed by atoms with E-state index >= 15 is 0 Å². The predicted octanol–water partition coefficient (Wildman–Crippen LogP) is 1.47. The molecule has 104 valence electrons. The molecule has 0 unspecified atom stereocenters. The molecule has 0 saturated carbocycles. The van der Waals surface area contributed by atoms with Crippen molar-refractivity contribution in [2.24, 2.45) is 0 Å². The highest BCUT2D eigenvalue weighted by Gasteiger charge is 2.11. The van der Waals surface area contributed by atoms with Crippen molar-refractivity contribution in [3.05, 3.63) is 42.1 Å². The lowest BCUT2D eigenvalue weighted by atomic mass is 10.1. The first kappa shape index (κ1) is 13.6. The molecular weight excluding hydrogens is 260 g/mol. The van der Waals surface area contributed by atoms with Gasteiger partial charge in [-0.15, -0.1) is 0 Å². The zero-order valence-corrected chi connectivity index (χ0v) is 10.8. The molecule has 2 aromatic rings. The van der Waals surface area contributed by atoms with Crippen molar-refractivity contribution < 1.29 is 14.3 Å². The fraction of sp³-hybridized carbons (Fsp3) is 0.154. The van der Waals surface area contributed by atoms with Crippen LogP contribution in [0.4, 0.5) is 4.79 Å². The van der Waals surface area contributed by atoms with Crippen LogP contribution in [-0.2, 0) is 4.74 Å². The number of hydrogen-bond donors (Lipinski definition) is 3. The topological polar surface area (TPSA) is 96.1 Å². The Kier molecular flexibility index (Phi) is 4.33. The quantitative estimate of drug-likeness (QED) is 0.738. The highest BCUT2D eigenvalue weighted by atomic mass is 16.5. The maximum absolute atomic E-state index is 11.7. The van der Waals surface area contributed by atoms with Crippen LogP contribution >= 0.6 is 0 Å². The van der Waals surface area contributed by atoms with E-state index in [1.165, 1.54) is 0 Å². The molecule has 7 heteroatoms. The first-order valence-electron chi connectivity index (χ1n) is 6.04. The molecule has 0 aliphatic rings. The average molecular weight is 274 g/mol. The Morgan fingerprint density at radius 2 is 2.00 bits per heavy atom. The smallest absolute Gasteiger partial charge is 0.426 e. The maximum Gasteiger partial charge on any atom is 0.426 e. The second kappa shape index (κ2) is 6.37. The number of amides is 2. The van der Waals surface area contributed by atoms with Crippen LogP contribution in [-0.4, -0.2) is 28.8 Å². The molecule has 20 heavy (non-hydrogen) atoms. The van der Waals surface area contributed by atoms with Gasteiger partial charge < -0.3 is 4.74 Å². The summed E-state index contributed by atoms with van der Waals surface area (Å²) in [5, 5.41) is 6.65. The minimum atomic E-state index is -0.719. The third-order valence-corrected chi connectivity index (χ3v) is 2.45. The maximum atomic E-state index is 11.7. The number of rotatable bonds is 3. The molecule has 1 aromatic carbocycles. The summed E-state index contributed by atoms with van der Waals surface area (Å²) >= 11 is 0. The van der Waals surface area contributed by atoms with Gasteiger partial charge in [-0.1, -0.05) is 30.3 Å². The van der Waals surface area contributed by atoms with Crippen molar-refractivity contribution in [1.29, 1.82) is 0 Å². The van der Waals surface area contributed by atoms with Gasteiger partial charge in [-0.2, -0.15) is 5.10 Å². The normalized spacial score (nSPS) is 9.85. The summed E-state index contributed by atoms with van der Waals surface area (Å²) in [6.45, 7) is 1.90. The summed E-state index contributed by atoms with van der Waals surface area (Å²) in [6.07, 6.45) is -0.719. The number of aromatic nitrogens is 2. The number of nitrogens with zero attached hydrogens (tertiary/aromatic N) is 1. The van der Waals surface area contributed by atoms with Gasteiger partial charge >= 0.3 is 6.09 Å². The minimum absolute atomic E-state index is 0.226. The Morgan fingerprint density at radius 1 is 1.25 bits per heavy atom. The van der Waals surface area contributed by atoms with Gasteiger partial charge in [-0.05, 0) is 13.0 Å². The molecule has 2 amide bonds. The third-order valence-electron chi connectivity index (χ3n) is 2.45. The van der Waals surface area contributed by atoms with E-state index < -0.39 is 12.0 Å². The van der Waals surface area contributed by atoms with Crippen molar-refractivity contribution in [2.45, 2.75) is 6.92 Å². The van der Waals surface area contributed by atoms with Gasteiger partial charge in [0.1, 0.15) is 5.69 Å². The van der Waals surface area contributed by atoms with Gasteiger partial charge in [0, 0.05) is 5.56 Å².